The van der Waals surface area contributed by atoms with Crippen molar-refractivity contribution in [2.75, 3.05) is 0 Å². The van der Waals surface area contributed by atoms with Crippen molar-refractivity contribution < 1.29 is 9.47 Å². The molecule has 72 valence electrons. The van der Waals surface area contributed by atoms with Gasteiger partial charge in [-0.25, -0.2) is 0 Å². The maximum atomic E-state index is 5.95. The molecule has 3 aliphatic rings. The third-order valence-electron chi connectivity index (χ3n) is 4.49. The third-order valence-corrected chi connectivity index (χ3v) is 4.49. The number of hydrogen-bond acceptors (Lipinski definition) is 2. The van der Waals surface area contributed by atoms with Crippen molar-refractivity contribution in [3.05, 3.63) is 12.3 Å². The van der Waals surface area contributed by atoms with E-state index < -0.39 is 0 Å². The maximum Gasteiger partial charge on any atom is 0.109 e. The first-order valence-corrected chi connectivity index (χ1v) is 5.08. The van der Waals surface area contributed by atoms with Crippen molar-refractivity contribution in [3.63, 3.8) is 0 Å². The highest BCUT2D eigenvalue weighted by molar-refractivity contribution is 5.21. The summed E-state index contributed by atoms with van der Waals surface area (Å²) in [4.78, 5) is 0. The summed E-state index contributed by atoms with van der Waals surface area (Å²) in [6.07, 6.45) is 3.88. The molecule has 2 saturated heterocycles. The van der Waals surface area contributed by atoms with Gasteiger partial charge in [-0.15, -0.1) is 0 Å². The molecule has 1 aliphatic carbocycles. The van der Waals surface area contributed by atoms with Crippen molar-refractivity contribution in [1.82, 2.24) is 0 Å². The summed E-state index contributed by atoms with van der Waals surface area (Å²) < 4.78 is 11.8. The van der Waals surface area contributed by atoms with Crippen molar-refractivity contribution in [3.8, 4) is 0 Å². The molecule has 1 saturated carbocycles. The Morgan fingerprint density at radius 3 is 2.92 bits per heavy atom. The minimum Gasteiger partial charge on any atom is -0.495 e. The third kappa shape index (κ3) is 0.665. The van der Waals surface area contributed by atoms with Crippen LogP contribution in [0.1, 0.15) is 33.1 Å². The lowest BCUT2D eigenvalue weighted by molar-refractivity contribution is -0.326. The summed E-state index contributed by atoms with van der Waals surface area (Å²) in [6.45, 7) is 8.44. The molecule has 0 aromatic carbocycles. The first-order valence-electron chi connectivity index (χ1n) is 5.08. The molecule has 2 heteroatoms. The van der Waals surface area contributed by atoms with Crippen molar-refractivity contribution in [1.29, 1.82) is 0 Å². The molecule has 0 aromatic rings. The number of ether oxygens (including phenoxy) is 2. The molecule has 2 nitrogen and oxygen atoms in total. The van der Waals surface area contributed by atoms with Crippen LogP contribution in [-0.4, -0.2) is 17.8 Å². The second-order valence-electron chi connectivity index (χ2n) is 5.01. The Morgan fingerprint density at radius 1 is 1.38 bits per heavy atom. The molecule has 2 heterocycles. The van der Waals surface area contributed by atoms with Crippen LogP contribution in [0.3, 0.4) is 0 Å². The van der Waals surface area contributed by atoms with Crippen LogP contribution in [0.2, 0.25) is 0 Å². The second kappa shape index (κ2) is 1.95. The number of hydrogen-bond donors (Lipinski definition) is 0. The van der Waals surface area contributed by atoms with Crippen LogP contribution >= 0.6 is 0 Å². The largest absolute Gasteiger partial charge is 0.495 e. The van der Waals surface area contributed by atoms with Gasteiger partial charge in [0.1, 0.15) is 6.10 Å². The van der Waals surface area contributed by atoms with E-state index in [2.05, 4.69) is 20.4 Å². The molecular weight excluding hydrogens is 164 g/mol. The average Bonchev–Trinajstić information content (AvgIpc) is 2.30. The van der Waals surface area contributed by atoms with E-state index in [9.17, 15) is 0 Å². The van der Waals surface area contributed by atoms with E-state index in [-0.39, 0.29) is 11.0 Å². The normalized spacial score (nSPS) is 58.2. The van der Waals surface area contributed by atoms with Crippen molar-refractivity contribution in [2.45, 2.75) is 50.9 Å². The zero-order valence-corrected chi connectivity index (χ0v) is 8.30. The van der Waals surface area contributed by atoms with Crippen LogP contribution in [0.4, 0.5) is 0 Å². The van der Waals surface area contributed by atoms with Gasteiger partial charge in [0.05, 0.1) is 22.9 Å². The van der Waals surface area contributed by atoms with Gasteiger partial charge < -0.3 is 9.47 Å². The van der Waals surface area contributed by atoms with Crippen molar-refractivity contribution >= 4 is 0 Å². The number of rotatable bonds is 0. The summed E-state index contributed by atoms with van der Waals surface area (Å²) in [5.74, 6) is 0.913. The van der Waals surface area contributed by atoms with Crippen LogP contribution in [-0.2, 0) is 9.47 Å². The lowest BCUT2D eigenvalue weighted by atomic mass is 9.63. The smallest absolute Gasteiger partial charge is 0.109 e. The second-order valence-corrected chi connectivity index (χ2v) is 5.01. The SMILES string of the molecule is C=C1CC2OC3(C)CCC(O1)C23C. The van der Waals surface area contributed by atoms with Crippen LogP contribution in [0.5, 0.6) is 0 Å². The highest BCUT2D eigenvalue weighted by atomic mass is 16.6. The van der Waals surface area contributed by atoms with Gasteiger partial charge in [0.15, 0.2) is 0 Å². The van der Waals surface area contributed by atoms with Crippen molar-refractivity contribution in [2.24, 2.45) is 5.41 Å². The summed E-state index contributed by atoms with van der Waals surface area (Å²) in [6, 6.07) is 0. The summed E-state index contributed by atoms with van der Waals surface area (Å²) in [5, 5.41) is 0. The monoisotopic (exact) mass is 180 g/mol. The van der Waals surface area contributed by atoms with Gasteiger partial charge in [0, 0.05) is 6.42 Å². The van der Waals surface area contributed by atoms with Crippen LogP contribution in [0.15, 0.2) is 12.3 Å². The molecule has 0 N–H and O–H groups in total. The van der Waals surface area contributed by atoms with E-state index >= 15 is 0 Å². The summed E-state index contributed by atoms with van der Waals surface area (Å²) in [5.41, 5.74) is 0.344. The Kier molecular flexibility index (Phi) is 1.18. The molecule has 0 spiro atoms. The Balaban J connectivity index is 2.01. The minimum atomic E-state index is 0.0863. The van der Waals surface area contributed by atoms with Gasteiger partial charge >= 0.3 is 0 Å². The van der Waals surface area contributed by atoms with Crippen LogP contribution in [0, 0.1) is 5.41 Å². The molecule has 0 radical (unpaired) electrons. The molecule has 4 atom stereocenters. The fourth-order valence-electron chi connectivity index (χ4n) is 3.32. The van der Waals surface area contributed by atoms with Gasteiger partial charge in [-0.1, -0.05) is 13.5 Å². The molecule has 0 bridgehead atoms. The fraction of sp³-hybridized carbons (Fsp3) is 0.818. The molecule has 13 heavy (non-hydrogen) atoms. The Morgan fingerprint density at radius 2 is 2.15 bits per heavy atom. The molecular formula is C11H16O2. The molecule has 3 rings (SSSR count). The van der Waals surface area contributed by atoms with Gasteiger partial charge in [0.25, 0.3) is 0 Å². The Labute approximate surface area is 78.9 Å². The molecule has 2 aliphatic heterocycles. The van der Waals surface area contributed by atoms with Gasteiger partial charge in [-0.3, -0.25) is 0 Å². The predicted octanol–water partition coefficient (Wildman–Crippen LogP) is 2.25. The summed E-state index contributed by atoms with van der Waals surface area (Å²) in [7, 11) is 0. The highest BCUT2D eigenvalue weighted by Gasteiger charge is 2.71. The first-order chi connectivity index (χ1) is 6.06. The lowest BCUT2D eigenvalue weighted by Crippen LogP contribution is -2.68. The van der Waals surface area contributed by atoms with E-state index in [0.717, 1.165) is 25.0 Å². The van der Waals surface area contributed by atoms with Crippen LogP contribution < -0.4 is 0 Å². The first kappa shape index (κ1) is 7.86. The molecule has 4 unspecified atom stereocenters. The Hall–Kier alpha value is -0.500. The molecule has 0 amide bonds. The van der Waals surface area contributed by atoms with Gasteiger partial charge in [0.2, 0.25) is 0 Å². The van der Waals surface area contributed by atoms with E-state index in [1.807, 2.05) is 0 Å². The topological polar surface area (TPSA) is 18.5 Å². The highest BCUT2D eigenvalue weighted by Crippen LogP contribution is 2.64. The lowest BCUT2D eigenvalue weighted by Gasteiger charge is -2.61. The molecule has 3 fully saturated rings. The maximum absolute atomic E-state index is 5.95. The minimum absolute atomic E-state index is 0.0863. The van der Waals surface area contributed by atoms with E-state index in [1.54, 1.807) is 0 Å². The zero-order valence-electron chi connectivity index (χ0n) is 8.30. The summed E-state index contributed by atoms with van der Waals surface area (Å²) >= 11 is 0. The van der Waals surface area contributed by atoms with Crippen LogP contribution in [0.25, 0.3) is 0 Å². The van der Waals surface area contributed by atoms with Gasteiger partial charge in [-0.05, 0) is 19.8 Å². The van der Waals surface area contributed by atoms with E-state index in [4.69, 9.17) is 9.47 Å². The molecule has 0 aromatic heterocycles. The average molecular weight is 180 g/mol. The van der Waals surface area contributed by atoms with E-state index in [0.29, 0.717) is 12.2 Å². The zero-order chi connectivity index (χ0) is 9.27. The Bertz CT molecular complexity index is 286. The standard InChI is InChI=1S/C11H16O2/c1-7-6-9-11(3)8(12-7)4-5-10(11,2)13-9/h8-9H,1,4-6H2,2-3H3. The fourth-order valence-corrected chi connectivity index (χ4v) is 3.32. The quantitative estimate of drug-likeness (QED) is 0.569. The van der Waals surface area contributed by atoms with E-state index in [1.165, 1.54) is 0 Å². The predicted molar refractivity (Wildman–Crippen MR) is 49.2 cm³/mol. The van der Waals surface area contributed by atoms with Gasteiger partial charge in [-0.2, -0.15) is 0 Å².